The fourth-order valence-corrected chi connectivity index (χ4v) is 0.913. The fourth-order valence-electron chi connectivity index (χ4n) is 0.820. The number of amides is 2. The molecular formula is C10H19N3O2S. The van der Waals surface area contributed by atoms with Gasteiger partial charge in [-0.2, -0.15) is 0 Å². The predicted molar refractivity (Wildman–Crippen MR) is 66.9 cm³/mol. The van der Waals surface area contributed by atoms with Crippen LogP contribution in [0.3, 0.4) is 0 Å². The van der Waals surface area contributed by atoms with Gasteiger partial charge in [-0.3, -0.25) is 9.59 Å². The largest absolute Gasteiger partial charge is 0.392 e. The Labute approximate surface area is 101 Å². The third-order valence-corrected chi connectivity index (χ3v) is 2.68. The van der Waals surface area contributed by atoms with E-state index in [-0.39, 0.29) is 23.3 Å². The number of carbonyl (C=O) groups excluding carboxylic acids is 2. The van der Waals surface area contributed by atoms with E-state index in [0.29, 0.717) is 6.54 Å². The van der Waals surface area contributed by atoms with Gasteiger partial charge in [0, 0.05) is 6.54 Å². The lowest BCUT2D eigenvalue weighted by atomic mass is 9.92. The van der Waals surface area contributed by atoms with Crippen molar-refractivity contribution >= 4 is 29.0 Å². The second-order valence-corrected chi connectivity index (χ2v) is 4.46. The summed E-state index contributed by atoms with van der Waals surface area (Å²) in [6, 6.07) is 0. The summed E-state index contributed by atoms with van der Waals surface area (Å²) in [5.74, 6) is -0.555. The van der Waals surface area contributed by atoms with Gasteiger partial charge >= 0.3 is 0 Å². The Bertz CT molecular complexity index is 290. The van der Waals surface area contributed by atoms with Crippen molar-refractivity contribution in [2.24, 2.45) is 11.1 Å². The van der Waals surface area contributed by atoms with Crippen molar-refractivity contribution < 1.29 is 9.59 Å². The predicted octanol–water partition coefficient (Wildman–Crippen LogP) is -0.0589. The second-order valence-electron chi connectivity index (χ2n) is 4.02. The van der Waals surface area contributed by atoms with Gasteiger partial charge in [0.25, 0.3) is 0 Å². The Morgan fingerprint density at radius 3 is 2.31 bits per heavy atom. The molecule has 0 aliphatic rings. The third kappa shape index (κ3) is 4.57. The molecule has 0 spiro atoms. The molecule has 0 saturated carbocycles. The number of hydrogen-bond donors (Lipinski definition) is 3. The molecule has 0 aliphatic heterocycles. The fraction of sp³-hybridized carbons (Fsp3) is 0.700. The monoisotopic (exact) mass is 245 g/mol. The van der Waals surface area contributed by atoms with E-state index in [0.717, 1.165) is 6.42 Å². The highest BCUT2D eigenvalue weighted by Gasteiger charge is 2.30. The van der Waals surface area contributed by atoms with Gasteiger partial charge in [-0.05, 0) is 20.3 Å². The Hall–Kier alpha value is -1.17. The normalized spacial score (nSPS) is 10.7. The Morgan fingerprint density at radius 1 is 1.31 bits per heavy atom. The lowest BCUT2D eigenvalue weighted by Crippen LogP contribution is -2.47. The molecule has 0 atom stereocenters. The zero-order valence-electron chi connectivity index (χ0n) is 9.92. The van der Waals surface area contributed by atoms with E-state index in [1.807, 2.05) is 6.92 Å². The van der Waals surface area contributed by atoms with Crippen LogP contribution < -0.4 is 16.4 Å². The molecule has 0 aromatic heterocycles. The molecule has 2 amide bonds. The van der Waals surface area contributed by atoms with Crippen molar-refractivity contribution in [3.05, 3.63) is 0 Å². The van der Waals surface area contributed by atoms with Gasteiger partial charge in [0.2, 0.25) is 11.8 Å². The van der Waals surface area contributed by atoms with Gasteiger partial charge in [-0.25, -0.2) is 0 Å². The standard InChI is InChI=1S/C10H19N3O2S/c1-4-5-12-7(14)6-13-9(15)10(2,3)8(11)16/h4-6H2,1-3H3,(H2,11,16)(H,12,14)(H,13,15). The van der Waals surface area contributed by atoms with Crippen LogP contribution in [0.4, 0.5) is 0 Å². The van der Waals surface area contributed by atoms with E-state index in [4.69, 9.17) is 18.0 Å². The number of rotatable bonds is 6. The number of nitrogens with one attached hydrogen (secondary N) is 2. The summed E-state index contributed by atoms with van der Waals surface area (Å²) in [7, 11) is 0. The van der Waals surface area contributed by atoms with Crippen LogP contribution >= 0.6 is 12.2 Å². The summed E-state index contributed by atoms with van der Waals surface area (Å²) in [5.41, 5.74) is 4.50. The SMILES string of the molecule is CCCNC(=O)CNC(=O)C(C)(C)C(N)=S. The zero-order valence-corrected chi connectivity index (χ0v) is 10.7. The van der Waals surface area contributed by atoms with Crippen molar-refractivity contribution in [3.8, 4) is 0 Å². The first-order chi connectivity index (χ1) is 7.32. The lowest BCUT2D eigenvalue weighted by molar-refractivity contribution is -0.129. The molecule has 92 valence electrons. The Balaban J connectivity index is 4.08. The molecular weight excluding hydrogens is 226 g/mol. The maximum Gasteiger partial charge on any atom is 0.239 e. The van der Waals surface area contributed by atoms with Gasteiger partial charge in [0.15, 0.2) is 0 Å². The van der Waals surface area contributed by atoms with Crippen LogP contribution in [0.5, 0.6) is 0 Å². The van der Waals surface area contributed by atoms with E-state index >= 15 is 0 Å². The topological polar surface area (TPSA) is 84.2 Å². The Morgan fingerprint density at radius 2 is 1.88 bits per heavy atom. The van der Waals surface area contributed by atoms with Gasteiger partial charge in [-0.15, -0.1) is 0 Å². The van der Waals surface area contributed by atoms with Gasteiger partial charge < -0.3 is 16.4 Å². The quantitative estimate of drug-likeness (QED) is 0.572. The number of carbonyl (C=O) groups is 2. The van der Waals surface area contributed by atoms with Gasteiger partial charge in [0.05, 0.1) is 16.9 Å². The van der Waals surface area contributed by atoms with Crippen molar-refractivity contribution in [2.45, 2.75) is 27.2 Å². The molecule has 0 aromatic carbocycles. The highest BCUT2D eigenvalue weighted by atomic mass is 32.1. The van der Waals surface area contributed by atoms with Crippen molar-refractivity contribution in [3.63, 3.8) is 0 Å². The molecule has 0 aromatic rings. The highest BCUT2D eigenvalue weighted by molar-refractivity contribution is 7.80. The molecule has 0 unspecified atom stereocenters. The first kappa shape index (κ1) is 14.8. The van der Waals surface area contributed by atoms with Crippen LogP contribution in [0.25, 0.3) is 0 Å². The summed E-state index contributed by atoms with van der Waals surface area (Å²) >= 11 is 4.77. The molecule has 0 radical (unpaired) electrons. The number of nitrogens with two attached hydrogens (primary N) is 1. The maximum atomic E-state index is 11.6. The van der Waals surface area contributed by atoms with Crippen molar-refractivity contribution in [1.29, 1.82) is 0 Å². The first-order valence-electron chi connectivity index (χ1n) is 5.17. The summed E-state index contributed by atoms with van der Waals surface area (Å²) < 4.78 is 0. The van der Waals surface area contributed by atoms with E-state index in [1.165, 1.54) is 0 Å². The van der Waals surface area contributed by atoms with E-state index in [9.17, 15) is 9.59 Å². The molecule has 0 saturated heterocycles. The summed E-state index contributed by atoms with van der Waals surface area (Å²) in [5, 5.41) is 5.15. The molecule has 0 bridgehead atoms. The minimum Gasteiger partial charge on any atom is -0.392 e. The van der Waals surface area contributed by atoms with E-state index in [2.05, 4.69) is 10.6 Å². The maximum absolute atomic E-state index is 11.6. The molecule has 0 heterocycles. The van der Waals surface area contributed by atoms with Crippen LogP contribution in [0, 0.1) is 5.41 Å². The van der Waals surface area contributed by atoms with E-state index in [1.54, 1.807) is 13.8 Å². The van der Waals surface area contributed by atoms with Gasteiger partial charge in [-0.1, -0.05) is 19.1 Å². The number of hydrogen-bond acceptors (Lipinski definition) is 3. The molecule has 4 N–H and O–H groups in total. The van der Waals surface area contributed by atoms with Crippen molar-refractivity contribution in [1.82, 2.24) is 10.6 Å². The van der Waals surface area contributed by atoms with Crippen LogP contribution in [0.15, 0.2) is 0 Å². The Kier molecular flexibility index (Phi) is 5.95. The summed E-state index contributed by atoms with van der Waals surface area (Å²) in [6.45, 7) is 5.75. The van der Waals surface area contributed by atoms with Crippen LogP contribution in [0.1, 0.15) is 27.2 Å². The van der Waals surface area contributed by atoms with Crippen molar-refractivity contribution in [2.75, 3.05) is 13.1 Å². The van der Waals surface area contributed by atoms with Crippen LogP contribution in [-0.2, 0) is 9.59 Å². The zero-order chi connectivity index (χ0) is 12.8. The first-order valence-corrected chi connectivity index (χ1v) is 5.58. The molecule has 0 aliphatic carbocycles. The average molecular weight is 245 g/mol. The molecule has 5 nitrogen and oxygen atoms in total. The minimum absolute atomic E-state index is 0.0507. The molecule has 6 heteroatoms. The third-order valence-electron chi connectivity index (χ3n) is 2.17. The second kappa shape index (κ2) is 6.42. The number of thiocarbonyl (C=S) groups is 1. The smallest absolute Gasteiger partial charge is 0.239 e. The summed E-state index contributed by atoms with van der Waals surface area (Å²) in [6.07, 6.45) is 0.859. The lowest BCUT2D eigenvalue weighted by Gasteiger charge is -2.21. The molecule has 0 fully saturated rings. The summed E-state index contributed by atoms with van der Waals surface area (Å²) in [4.78, 5) is 22.9. The minimum atomic E-state index is -0.930. The van der Waals surface area contributed by atoms with Crippen LogP contribution in [-0.4, -0.2) is 29.9 Å². The average Bonchev–Trinajstić information content (AvgIpc) is 2.22. The van der Waals surface area contributed by atoms with E-state index < -0.39 is 5.41 Å². The van der Waals surface area contributed by atoms with Gasteiger partial charge in [0.1, 0.15) is 0 Å². The van der Waals surface area contributed by atoms with Crippen LogP contribution in [0.2, 0.25) is 0 Å². The molecule has 16 heavy (non-hydrogen) atoms. The molecule has 0 rings (SSSR count). The highest BCUT2D eigenvalue weighted by Crippen LogP contribution is 2.14.